The number of aryl methyl sites for hydroxylation is 1. The van der Waals surface area contributed by atoms with Gasteiger partial charge < -0.3 is 9.73 Å². The first-order valence-electron chi connectivity index (χ1n) is 8.49. The van der Waals surface area contributed by atoms with E-state index in [1.54, 1.807) is 0 Å². The van der Waals surface area contributed by atoms with Gasteiger partial charge in [0.15, 0.2) is 0 Å². The Balaban J connectivity index is 1.57. The van der Waals surface area contributed by atoms with E-state index in [9.17, 15) is 4.79 Å². The van der Waals surface area contributed by atoms with Crippen LogP contribution >= 0.6 is 11.8 Å². The van der Waals surface area contributed by atoms with Crippen molar-refractivity contribution in [1.82, 2.24) is 15.5 Å². The molecule has 6 heteroatoms. The maximum absolute atomic E-state index is 12.3. The molecule has 2 aromatic rings. The van der Waals surface area contributed by atoms with Gasteiger partial charge >= 0.3 is 0 Å². The Labute approximate surface area is 146 Å². The third-order valence-corrected chi connectivity index (χ3v) is 5.24. The van der Waals surface area contributed by atoms with Crippen molar-refractivity contribution in [3.05, 3.63) is 29.8 Å². The molecule has 1 heterocycles. The number of nitrogens with one attached hydrogen (secondary N) is 1. The Morgan fingerprint density at radius 1 is 1.21 bits per heavy atom. The number of nitrogens with zero attached hydrogens (tertiary/aromatic N) is 2. The summed E-state index contributed by atoms with van der Waals surface area (Å²) in [6.45, 7) is 3.91. The Morgan fingerprint density at radius 3 is 2.62 bits per heavy atom. The van der Waals surface area contributed by atoms with Crippen molar-refractivity contribution in [3.8, 4) is 11.5 Å². The summed E-state index contributed by atoms with van der Waals surface area (Å²) in [5, 5.41) is 11.4. The van der Waals surface area contributed by atoms with Crippen molar-refractivity contribution in [2.75, 3.05) is 0 Å². The molecular weight excluding hydrogens is 322 g/mol. The van der Waals surface area contributed by atoms with Gasteiger partial charge in [-0.3, -0.25) is 4.79 Å². The smallest absolute Gasteiger partial charge is 0.277 e. The number of hydrogen-bond donors (Lipinski definition) is 1. The SMILES string of the molecule is Cc1ccc(-c2nnc(S[C@H](C)C(=O)NC3CCCCC3)o2)cc1. The Hall–Kier alpha value is -1.82. The van der Waals surface area contributed by atoms with Crippen LogP contribution in [0.3, 0.4) is 0 Å². The average Bonchev–Trinajstić information content (AvgIpc) is 3.05. The summed E-state index contributed by atoms with van der Waals surface area (Å²) in [5.41, 5.74) is 2.07. The first-order valence-corrected chi connectivity index (χ1v) is 9.37. The molecule has 1 fully saturated rings. The van der Waals surface area contributed by atoms with Gasteiger partial charge in [-0.2, -0.15) is 0 Å². The lowest BCUT2D eigenvalue weighted by Gasteiger charge is -2.23. The van der Waals surface area contributed by atoms with E-state index < -0.39 is 0 Å². The van der Waals surface area contributed by atoms with E-state index in [0.717, 1.165) is 18.4 Å². The van der Waals surface area contributed by atoms with Crippen molar-refractivity contribution >= 4 is 17.7 Å². The molecule has 1 aliphatic carbocycles. The molecule has 1 aromatic carbocycles. The minimum Gasteiger partial charge on any atom is -0.411 e. The zero-order valence-corrected chi connectivity index (χ0v) is 14.9. The fraction of sp³-hybridized carbons (Fsp3) is 0.500. The lowest BCUT2D eigenvalue weighted by molar-refractivity contribution is -0.121. The quantitative estimate of drug-likeness (QED) is 0.830. The molecular formula is C18H23N3O2S. The van der Waals surface area contributed by atoms with Crippen molar-refractivity contribution in [2.24, 2.45) is 0 Å². The number of benzene rings is 1. The summed E-state index contributed by atoms with van der Waals surface area (Å²) >= 11 is 1.31. The van der Waals surface area contributed by atoms with Crippen molar-refractivity contribution in [2.45, 2.75) is 62.5 Å². The second kappa shape index (κ2) is 7.83. The highest BCUT2D eigenvalue weighted by molar-refractivity contribution is 8.00. The fourth-order valence-electron chi connectivity index (χ4n) is 2.84. The highest BCUT2D eigenvalue weighted by Gasteiger charge is 2.22. The third-order valence-electron chi connectivity index (χ3n) is 4.30. The Kier molecular flexibility index (Phi) is 5.56. The van der Waals surface area contributed by atoms with E-state index >= 15 is 0 Å². The zero-order valence-electron chi connectivity index (χ0n) is 14.1. The van der Waals surface area contributed by atoms with Gasteiger partial charge in [0.1, 0.15) is 0 Å². The number of carbonyl (C=O) groups is 1. The summed E-state index contributed by atoms with van der Waals surface area (Å²) in [6.07, 6.45) is 5.86. The van der Waals surface area contributed by atoms with Gasteiger partial charge in [-0.1, -0.05) is 48.7 Å². The Morgan fingerprint density at radius 2 is 1.92 bits per heavy atom. The van der Waals surface area contributed by atoms with Crippen molar-refractivity contribution < 1.29 is 9.21 Å². The molecule has 24 heavy (non-hydrogen) atoms. The second-order valence-corrected chi connectivity index (χ2v) is 7.63. The van der Waals surface area contributed by atoms with E-state index in [-0.39, 0.29) is 11.2 Å². The molecule has 0 unspecified atom stereocenters. The number of rotatable bonds is 5. The molecule has 1 amide bonds. The van der Waals surface area contributed by atoms with Crippen LogP contribution in [0, 0.1) is 6.92 Å². The molecule has 0 radical (unpaired) electrons. The minimum absolute atomic E-state index is 0.0435. The highest BCUT2D eigenvalue weighted by Crippen LogP contribution is 2.27. The summed E-state index contributed by atoms with van der Waals surface area (Å²) in [6, 6.07) is 8.24. The number of aromatic nitrogens is 2. The maximum Gasteiger partial charge on any atom is 0.277 e. The fourth-order valence-corrected chi connectivity index (χ4v) is 3.53. The lowest BCUT2D eigenvalue weighted by atomic mass is 9.95. The van der Waals surface area contributed by atoms with Gasteiger partial charge in [0.05, 0.1) is 5.25 Å². The Bertz CT molecular complexity index is 678. The van der Waals surface area contributed by atoms with Crippen molar-refractivity contribution in [3.63, 3.8) is 0 Å². The molecule has 1 aromatic heterocycles. The van der Waals surface area contributed by atoms with Gasteiger partial charge in [-0.05, 0) is 38.8 Å². The number of carbonyl (C=O) groups excluding carboxylic acids is 1. The van der Waals surface area contributed by atoms with Crippen LogP contribution in [0.5, 0.6) is 0 Å². The third kappa shape index (κ3) is 4.38. The lowest BCUT2D eigenvalue weighted by Crippen LogP contribution is -2.40. The largest absolute Gasteiger partial charge is 0.411 e. The topological polar surface area (TPSA) is 68.0 Å². The van der Waals surface area contributed by atoms with Crippen LogP contribution in [-0.4, -0.2) is 27.4 Å². The molecule has 128 valence electrons. The van der Waals surface area contributed by atoms with Crippen LogP contribution in [-0.2, 0) is 4.79 Å². The first kappa shape index (κ1) is 17.0. The molecule has 5 nitrogen and oxygen atoms in total. The zero-order chi connectivity index (χ0) is 16.9. The van der Waals surface area contributed by atoms with Gasteiger partial charge in [-0.15, -0.1) is 10.2 Å². The summed E-state index contributed by atoms with van der Waals surface area (Å²) < 4.78 is 5.68. The molecule has 1 N–H and O–H groups in total. The predicted molar refractivity (Wildman–Crippen MR) is 94.8 cm³/mol. The van der Waals surface area contributed by atoms with Gasteiger partial charge in [0, 0.05) is 11.6 Å². The van der Waals surface area contributed by atoms with Crippen LogP contribution in [0.15, 0.2) is 33.9 Å². The molecule has 1 atom stereocenters. The molecule has 0 aliphatic heterocycles. The molecule has 3 rings (SSSR count). The van der Waals surface area contributed by atoms with E-state index in [2.05, 4.69) is 15.5 Å². The van der Waals surface area contributed by atoms with E-state index in [1.807, 2.05) is 38.1 Å². The summed E-state index contributed by atoms with van der Waals surface area (Å²) in [4.78, 5) is 12.3. The molecule has 0 bridgehead atoms. The highest BCUT2D eigenvalue weighted by atomic mass is 32.2. The first-order chi connectivity index (χ1) is 11.6. The van der Waals surface area contributed by atoms with E-state index in [0.29, 0.717) is 17.2 Å². The van der Waals surface area contributed by atoms with E-state index in [1.165, 1.54) is 36.6 Å². The molecule has 1 saturated carbocycles. The standard InChI is InChI=1S/C18H23N3O2S/c1-12-8-10-14(11-9-12)17-20-21-18(23-17)24-13(2)16(22)19-15-6-4-3-5-7-15/h8-11,13,15H,3-7H2,1-2H3,(H,19,22)/t13-/m1/s1. The summed E-state index contributed by atoms with van der Waals surface area (Å²) in [5.74, 6) is 0.527. The van der Waals surface area contributed by atoms with Crippen LogP contribution in [0.1, 0.15) is 44.6 Å². The van der Waals surface area contributed by atoms with E-state index in [4.69, 9.17) is 4.42 Å². The summed E-state index contributed by atoms with van der Waals surface area (Å²) in [7, 11) is 0. The maximum atomic E-state index is 12.3. The van der Waals surface area contributed by atoms with Crippen LogP contribution < -0.4 is 5.32 Å². The molecule has 1 aliphatic rings. The van der Waals surface area contributed by atoms with Gasteiger partial charge in [0.2, 0.25) is 11.8 Å². The number of thioether (sulfide) groups is 1. The molecule has 0 spiro atoms. The number of amides is 1. The van der Waals surface area contributed by atoms with Crippen LogP contribution in [0.4, 0.5) is 0 Å². The normalized spacial score (nSPS) is 16.8. The van der Waals surface area contributed by atoms with Gasteiger partial charge in [0.25, 0.3) is 5.22 Å². The monoisotopic (exact) mass is 345 g/mol. The van der Waals surface area contributed by atoms with Crippen LogP contribution in [0.25, 0.3) is 11.5 Å². The molecule has 0 saturated heterocycles. The van der Waals surface area contributed by atoms with Gasteiger partial charge in [-0.25, -0.2) is 0 Å². The van der Waals surface area contributed by atoms with Crippen LogP contribution in [0.2, 0.25) is 0 Å². The van der Waals surface area contributed by atoms with Crippen molar-refractivity contribution in [1.29, 1.82) is 0 Å². The predicted octanol–water partition coefficient (Wildman–Crippen LogP) is 3.97. The minimum atomic E-state index is -0.252. The average molecular weight is 345 g/mol. The number of hydrogen-bond acceptors (Lipinski definition) is 5. The second-order valence-electron chi connectivity index (χ2n) is 6.34.